The lowest BCUT2D eigenvalue weighted by molar-refractivity contribution is -0.119. The van der Waals surface area contributed by atoms with Crippen molar-refractivity contribution in [1.82, 2.24) is 5.32 Å². The molecule has 1 unspecified atom stereocenters. The van der Waals surface area contributed by atoms with E-state index in [1.54, 1.807) is 6.08 Å². The van der Waals surface area contributed by atoms with Crippen molar-refractivity contribution in [2.75, 3.05) is 0 Å². The lowest BCUT2D eigenvalue weighted by Gasteiger charge is -2.03. The molecule has 0 radical (unpaired) electrons. The van der Waals surface area contributed by atoms with Gasteiger partial charge in [0, 0.05) is 13.0 Å². The highest BCUT2D eigenvalue weighted by Crippen LogP contribution is 1.78. The van der Waals surface area contributed by atoms with Crippen molar-refractivity contribution < 1.29 is 4.79 Å². The molecular weight excluding hydrogens is 102 g/mol. The molecule has 1 amide bonds. The van der Waals surface area contributed by atoms with Gasteiger partial charge in [-0.3, -0.25) is 4.79 Å². The second-order valence-corrected chi connectivity index (χ2v) is 1.72. The minimum atomic E-state index is -0.0163. The van der Waals surface area contributed by atoms with Gasteiger partial charge in [-0.1, -0.05) is 6.08 Å². The van der Waals surface area contributed by atoms with E-state index >= 15 is 0 Å². The second-order valence-electron chi connectivity index (χ2n) is 1.72. The number of nitrogens with one attached hydrogen (secondary N) is 1. The standard InChI is InChI=1S/C6H11NO/c1-4-5(2)7-6(3)8/h4-5H,1H2,2-3H3,(H,7,8). The molecule has 0 spiro atoms. The van der Waals surface area contributed by atoms with E-state index < -0.39 is 0 Å². The zero-order chi connectivity index (χ0) is 6.57. The van der Waals surface area contributed by atoms with Crippen LogP contribution >= 0.6 is 0 Å². The van der Waals surface area contributed by atoms with Crippen LogP contribution in [-0.2, 0) is 4.79 Å². The van der Waals surface area contributed by atoms with E-state index in [9.17, 15) is 4.79 Å². The molecule has 0 aromatic heterocycles. The van der Waals surface area contributed by atoms with Crippen LogP contribution in [0.5, 0.6) is 0 Å². The van der Waals surface area contributed by atoms with Gasteiger partial charge in [-0.05, 0) is 6.92 Å². The lowest BCUT2D eigenvalue weighted by Crippen LogP contribution is -2.28. The predicted octanol–water partition coefficient (Wildman–Crippen LogP) is 0.697. The van der Waals surface area contributed by atoms with Gasteiger partial charge in [0.15, 0.2) is 0 Å². The third-order valence-electron chi connectivity index (χ3n) is 0.784. The summed E-state index contributed by atoms with van der Waals surface area (Å²) in [6.45, 7) is 6.85. The van der Waals surface area contributed by atoms with E-state index in [-0.39, 0.29) is 11.9 Å². The van der Waals surface area contributed by atoms with E-state index in [0.717, 1.165) is 0 Å². The maximum atomic E-state index is 10.3. The lowest BCUT2D eigenvalue weighted by atomic mass is 10.3. The summed E-state index contributed by atoms with van der Waals surface area (Å²) in [5.74, 6) is -0.0163. The van der Waals surface area contributed by atoms with Gasteiger partial charge in [-0.15, -0.1) is 6.58 Å². The number of hydrogen-bond donors (Lipinski definition) is 1. The Morgan fingerprint density at radius 3 is 2.50 bits per heavy atom. The van der Waals surface area contributed by atoms with E-state index in [2.05, 4.69) is 11.9 Å². The minimum Gasteiger partial charge on any atom is -0.350 e. The summed E-state index contributed by atoms with van der Waals surface area (Å²) in [6, 6.07) is 0.0903. The van der Waals surface area contributed by atoms with Gasteiger partial charge in [0.25, 0.3) is 0 Å². The summed E-state index contributed by atoms with van der Waals surface area (Å²) in [6.07, 6.45) is 1.68. The molecule has 0 aliphatic carbocycles. The Balaban J connectivity index is 3.38. The monoisotopic (exact) mass is 113 g/mol. The van der Waals surface area contributed by atoms with Crippen molar-refractivity contribution in [2.24, 2.45) is 0 Å². The van der Waals surface area contributed by atoms with E-state index in [1.165, 1.54) is 6.92 Å². The van der Waals surface area contributed by atoms with Crippen molar-refractivity contribution in [3.63, 3.8) is 0 Å². The average Bonchev–Trinajstić information content (AvgIpc) is 1.65. The SMILES string of the molecule is C=CC(C)NC(C)=O. The van der Waals surface area contributed by atoms with Crippen molar-refractivity contribution in [3.05, 3.63) is 12.7 Å². The maximum Gasteiger partial charge on any atom is 0.217 e. The van der Waals surface area contributed by atoms with Gasteiger partial charge in [0.2, 0.25) is 5.91 Å². The summed E-state index contributed by atoms with van der Waals surface area (Å²) in [5, 5.41) is 2.64. The molecular formula is C6H11NO. The van der Waals surface area contributed by atoms with Crippen molar-refractivity contribution in [3.8, 4) is 0 Å². The number of rotatable bonds is 2. The molecule has 0 rings (SSSR count). The Bertz CT molecular complexity index is 98.7. The molecule has 2 nitrogen and oxygen atoms in total. The van der Waals surface area contributed by atoms with Crippen LogP contribution in [0.25, 0.3) is 0 Å². The van der Waals surface area contributed by atoms with Crippen LogP contribution in [0, 0.1) is 0 Å². The Morgan fingerprint density at radius 1 is 1.88 bits per heavy atom. The summed E-state index contributed by atoms with van der Waals surface area (Å²) in [4.78, 5) is 10.3. The van der Waals surface area contributed by atoms with E-state index in [0.29, 0.717) is 0 Å². The Morgan fingerprint density at radius 2 is 2.38 bits per heavy atom. The van der Waals surface area contributed by atoms with E-state index in [1.807, 2.05) is 6.92 Å². The second kappa shape index (κ2) is 3.24. The zero-order valence-electron chi connectivity index (χ0n) is 5.27. The molecule has 0 aromatic rings. The van der Waals surface area contributed by atoms with Crippen LogP contribution in [0.3, 0.4) is 0 Å². The van der Waals surface area contributed by atoms with Crippen molar-refractivity contribution in [1.29, 1.82) is 0 Å². The van der Waals surface area contributed by atoms with Gasteiger partial charge in [0.1, 0.15) is 0 Å². The molecule has 8 heavy (non-hydrogen) atoms. The number of carbonyl (C=O) groups is 1. The van der Waals surface area contributed by atoms with Gasteiger partial charge >= 0.3 is 0 Å². The molecule has 46 valence electrons. The molecule has 0 fully saturated rings. The summed E-state index contributed by atoms with van der Waals surface area (Å²) >= 11 is 0. The topological polar surface area (TPSA) is 29.1 Å². The molecule has 0 bridgehead atoms. The maximum absolute atomic E-state index is 10.3. The summed E-state index contributed by atoms with van der Waals surface area (Å²) in [7, 11) is 0. The molecule has 0 aliphatic heterocycles. The van der Waals surface area contributed by atoms with Gasteiger partial charge in [-0.2, -0.15) is 0 Å². The Hall–Kier alpha value is -0.790. The number of amides is 1. The quantitative estimate of drug-likeness (QED) is 0.525. The van der Waals surface area contributed by atoms with Crippen LogP contribution in [0.2, 0.25) is 0 Å². The largest absolute Gasteiger partial charge is 0.350 e. The number of carbonyl (C=O) groups excluding carboxylic acids is 1. The predicted molar refractivity (Wildman–Crippen MR) is 33.5 cm³/mol. The molecule has 2 heteroatoms. The van der Waals surface area contributed by atoms with Crippen LogP contribution in [0.15, 0.2) is 12.7 Å². The highest BCUT2D eigenvalue weighted by Gasteiger charge is 1.93. The Labute approximate surface area is 49.6 Å². The molecule has 1 N–H and O–H groups in total. The first kappa shape index (κ1) is 7.21. The minimum absolute atomic E-state index is 0.0163. The third kappa shape index (κ3) is 3.40. The normalized spacial score (nSPS) is 12.2. The Kier molecular flexibility index (Phi) is 2.92. The third-order valence-corrected chi connectivity index (χ3v) is 0.784. The average molecular weight is 113 g/mol. The first-order valence-corrected chi connectivity index (χ1v) is 2.56. The molecule has 0 aliphatic rings. The van der Waals surface area contributed by atoms with Crippen LogP contribution in [0.1, 0.15) is 13.8 Å². The first-order chi connectivity index (χ1) is 3.66. The van der Waals surface area contributed by atoms with Crippen molar-refractivity contribution in [2.45, 2.75) is 19.9 Å². The zero-order valence-corrected chi connectivity index (χ0v) is 5.27. The summed E-state index contributed by atoms with van der Waals surface area (Å²) in [5.41, 5.74) is 0. The number of hydrogen-bond acceptors (Lipinski definition) is 1. The van der Waals surface area contributed by atoms with Crippen LogP contribution in [0.4, 0.5) is 0 Å². The van der Waals surface area contributed by atoms with E-state index in [4.69, 9.17) is 0 Å². The van der Waals surface area contributed by atoms with Gasteiger partial charge in [0.05, 0.1) is 0 Å². The van der Waals surface area contributed by atoms with Crippen LogP contribution in [-0.4, -0.2) is 11.9 Å². The molecule has 0 saturated heterocycles. The molecule has 0 saturated carbocycles. The fraction of sp³-hybridized carbons (Fsp3) is 0.500. The van der Waals surface area contributed by atoms with Gasteiger partial charge in [-0.25, -0.2) is 0 Å². The molecule has 0 aromatic carbocycles. The highest BCUT2D eigenvalue weighted by molar-refractivity contribution is 5.73. The fourth-order valence-corrected chi connectivity index (χ4v) is 0.380. The van der Waals surface area contributed by atoms with Crippen LogP contribution < -0.4 is 5.32 Å². The smallest absolute Gasteiger partial charge is 0.217 e. The highest BCUT2D eigenvalue weighted by atomic mass is 16.1. The van der Waals surface area contributed by atoms with Crippen molar-refractivity contribution >= 4 is 5.91 Å². The van der Waals surface area contributed by atoms with Gasteiger partial charge < -0.3 is 5.32 Å². The first-order valence-electron chi connectivity index (χ1n) is 2.56. The fourth-order valence-electron chi connectivity index (χ4n) is 0.380. The summed E-state index contributed by atoms with van der Waals surface area (Å²) < 4.78 is 0. The molecule has 1 atom stereocenters. The molecule has 0 heterocycles.